The lowest BCUT2D eigenvalue weighted by molar-refractivity contribution is 0.146. The first-order valence-corrected chi connectivity index (χ1v) is 8.72. The fourth-order valence-electron chi connectivity index (χ4n) is 1.98. The maximum atomic E-state index is 12.4. The molecule has 2 aromatic carbocycles. The van der Waals surface area contributed by atoms with E-state index in [2.05, 4.69) is 4.72 Å². The van der Waals surface area contributed by atoms with Gasteiger partial charge in [-0.3, -0.25) is 4.72 Å². The molecule has 0 spiro atoms. The van der Waals surface area contributed by atoms with Crippen LogP contribution in [0.3, 0.4) is 0 Å². The minimum atomic E-state index is -3.62. The Kier molecular flexibility index (Phi) is 5.63. The average Bonchev–Trinajstić information content (AvgIpc) is 2.51. The lowest BCUT2D eigenvalue weighted by atomic mass is 10.1. The van der Waals surface area contributed by atoms with E-state index in [1.54, 1.807) is 25.3 Å². The van der Waals surface area contributed by atoms with E-state index < -0.39 is 10.0 Å². The molecule has 0 unspecified atom stereocenters. The molecule has 1 N–H and O–H groups in total. The van der Waals surface area contributed by atoms with Crippen molar-refractivity contribution in [3.63, 3.8) is 0 Å². The second-order valence-electron chi connectivity index (χ2n) is 5.22. The van der Waals surface area contributed by atoms with E-state index in [-0.39, 0.29) is 4.90 Å². The van der Waals surface area contributed by atoms with Crippen molar-refractivity contribution in [1.29, 1.82) is 0 Å². The fourth-order valence-corrected chi connectivity index (χ4v) is 3.03. The van der Waals surface area contributed by atoms with Gasteiger partial charge in [0.25, 0.3) is 10.0 Å². The van der Waals surface area contributed by atoms with Gasteiger partial charge in [0.05, 0.1) is 11.5 Å². The molecule has 0 saturated carbocycles. The maximum Gasteiger partial charge on any atom is 0.261 e. The number of benzene rings is 2. The quantitative estimate of drug-likeness (QED) is 0.790. The Morgan fingerprint density at radius 2 is 1.65 bits per heavy atom. The van der Waals surface area contributed by atoms with E-state index in [1.165, 1.54) is 12.1 Å². The normalized spacial score (nSPS) is 11.3. The van der Waals surface area contributed by atoms with Crippen LogP contribution < -0.4 is 9.46 Å². The summed E-state index contributed by atoms with van der Waals surface area (Å²) in [6, 6.07) is 11.8. The molecule has 2 rings (SSSR count). The van der Waals surface area contributed by atoms with E-state index in [0.717, 1.165) is 11.1 Å². The van der Waals surface area contributed by atoms with Crippen molar-refractivity contribution < 1.29 is 17.9 Å². The van der Waals surface area contributed by atoms with Gasteiger partial charge in [-0.15, -0.1) is 0 Å². The largest absolute Gasteiger partial charge is 0.491 e. The van der Waals surface area contributed by atoms with Crippen molar-refractivity contribution in [2.75, 3.05) is 25.0 Å². The predicted molar refractivity (Wildman–Crippen MR) is 90.5 cm³/mol. The van der Waals surface area contributed by atoms with Crippen LogP contribution in [0.15, 0.2) is 47.4 Å². The Morgan fingerprint density at radius 1 is 0.957 bits per heavy atom. The van der Waals surface area contributed by atoms with Crippen molar-refractivity contribution in [1.82, 2.24) is 0 Å². The van der Waals surface area contributed by atoms with Crippen LogP contribution in [-0.2, 0) is 14.8 Å². The highest BCUT2D eigenvalue weighted by molar-refractivity contribution is 7.92. The third-order valence-electron chi connectivity index (χ3n) is 3.45. The van der Waals surface area contributed by atoms with E-state index in [9.17, 15) is 8.42 Å². The number of hydrogen-bond donors (Lipinski definition) is 1. The minimum Gasteiger partial charge on any atom is -0.491 e. The van der Waals surface area contributed by atoms with Crippen LogP contribution in [-0.4, -0.2) is 28.7 Å². The van der Waals surface area contributed by atoms with Crippen LogP contribution in [0.5, 0.6) is 5.75 Å². The Morgan fingerprint density at radius 3 is 2.26 bits per heavy atom. The molecule has 0 aromatic heterocycles. The van der Waals surface area contributed by atoms with Gasteiger partial charge in [-0.25, -0.2) is 8.42 Å². The van der Waals surface area contributed by atoms with Gasteiger partial charge in [-0.05, 0) is 61.4 Å². The summed E-state index contributed by atoms with van der Waals surface area (Å²) in [6.45, 7) is 4.83. The maximum absolute atomic E-state index is 12.4. The molecule has 5 nitrogen and oxygen atoms in total. The van der Waals surface area contributed by atoms with Crippen LogP contribution >= 0.6 is 0 Å². The first kappa shape index (κ1) is 17.3. The predicted octanol–water partition coefficient (Wildman–Crippen LogP) is 3.13. The van der Waals surface area contributed by atoms with E-state index in [0.29, 0.717) is 24.7 Å². The summed E-state index contributed by atoms with van der Waals surface area (Å²) in [4.78, 5) is 0.190. The summed E-state index contributed by atoms with van der Waals surface area (Å²) < 4.78 is 37.7. The van der Waals surface area contributed by atoms with E-state index in [1.807, 2.05) is 26.0 Å². The number of aryl methyl sites for hydroxylation is 2. The Labute approximate surface area is 137 Å². The third-order valence-corrected chi connectivity index (χ3v) is 4.85. The molecule has 0 fully saturated rings. The molecule has 0 aliphatic rings. The van der Waals surface area contributed by atoms with Gasteiger partial charge in [0.1, 0.15) is 12.4 Å². The second kappa shape index (κ2) is 7.48. The van der Waals surface area contributed by atoms with Crippen molar-refractivity contribution >= 4 is 15.7 Å². The molecule has 6 heteroatoms. The van der Waals surface area contributed by atoms with Gasteiger partial charge >= 0.3 is 0 Å². The standard InChI is InChI=1S/C17H21NO4S/c1-13-4-5-15(12-14(13)2)18-23(19,20)17-8-6-16(7-9-17)22-11-10-21-3/h4-9,12,18H,10-11H2,1-3H3. The molecule has 23 heavy (non-hydrogen) atoms. The van der Waals surface area contributed by atoms with Gasteiger partial charge in [-0.1, -0.05) is 6.07 Å². The number of nitrogens with one attached hydrogen (secondary N) is 1. The number of anilines is 1. The average molecular weight is 335 g/mol. The highest BCUT2D eigenvalue weighted by Crippen LogP contribution is 2.21. The molecule has 2 aromatic rings. The zero-order valence-corrected chi connectivity index (χ0v) is 14.3. The SMILES string of the molecule is COCCOc1ccc(S(=O)(=O)Nc2ccc(C)c(C)c2)cc1. The lowest BCUT2D eigenvalue weighted by Crippen LogP contribution is -2.13. The van der Waals surface area contributed by atoms with Crippen LogP contribution in [0.4, 0.5) is 5.69 Å². The number of sulfonamides is 1. The van der Waals surface area contributed by atoms with Crippen LogP contribution in [0.25, 0.3) is 0 Å². The molecule has 0 radical (unpaired) electrons. The molecule has 0 atom stereocenters. The summed E-state index contributed by atoms with van der Waals surface area (Å²) >= 11 is 0. The lowest BCUT2D eigenvalue weighted by Gasteiger charge is -2.11. The summed E-state index contributed by atoms with van der Waals surface area (Å²) in [5.41, 5.74) is 2.70. The van der Waals surface area contributed by atoms with Crippen LogP contribution in [0.1, 0.15) is 11.1 Å². The zero-order valence-electron chi connectivity index (χ0n) is 13.5. The van der Waals surface area contributed by atoms with Gasteiger partial charge in [0.15, 0.2) is 0 Å². The first-order chi connectivity index (χ1) is 10.9. The molecular weight excluding hydrogens is 314 g/mol. The van der Waals surface area contributed by atoms with Crippen molar-refractivity contribution in [2.24, 2.45) is 0 Å². The smallest absolute Gasteiger partial charge is 0.261 e. The fraction of sp³-hybridized carbons (Fsp3) is 0.294. The summed E-state index contributed by atoms with van der Waals surface area (Å²) in [7, 11) is -2.02. The van der Waals surface area contributed by atoms with Crippen LogP contribution in [0, 0.1) is 13.8 Å². The Bertz CT molecular complexity index is 755. The van der Waals surface area contributed by atoms with Gasteiger partial charge in [0, 0.05) is 12.8 Å². The molecule has 0 bridgehead atoms. The molecule has 124 valence electrons. The van der Waals surface area contributed by atoms with Gasteiger partial charge in [-0.2, -0.15) is 0 Å². The highest BCUT2D eigenvalue weighted by atomic mass is 32.2. The highest BCUT2D eigenvalue weighted by Gasteiger charge is 2.14. The van der Waals surface area contributed by atoms with E-state index in [4.69, 9.17) is 9.47 Å². The second-order valence-corrected chi connectivity index (χ2v) is 6.90. The molecule has 0 aliphatic heterocycles. The van der Waals surface area contributed by atoms with Crippen molar-refractivity contribution in [3.8, 4) is 5.75 Å². The summed E-state index contributed by atoms with van der Waals surface area (Å²) in [5.74, 6) is 0.604. The number of ether oxygens (including phenoxy) is 2. The number of methoxy groups -OCH3 is 1. The first-order valence-electron chi connectivity index (χ1n) is 7.24. The van der Waals surface area contributed by atoms with Crippen molar-refractivity contribution in [3.05, 3.63) is 53.6 Å². The molecular formula is C17H21NO4S. The van der Waals surface area contributed by atoms with Crippen molar-refractivity contribution in [2.45, 2.75) is 18.7 Å². The topological polar surface area (TPSA) is 64.6 Å². The third kappa shape index (κ3) is 4.71. The number of hydrogen-bond acceptors (Lipinski definition) is 4. The van der Waals surface area contributed by atoms with E-state index >= 15 is 0 Å². The number of rotatable bonds is 7. The monoisotopic (exact) mass is 335 g/mol. The van der Waals surface area contributed by atoms with Gasteiger partial charge in [0.2, 0.25) is 0 Å². The minimum absolute atomic E-state index is 0.190. The van der Waals surface area contributed by atoms with Gasteiger partial charge < -0.3 is 9.47 Å². The van der Waals surface area contributed by atoms with Crippen LogP contribution in [0.2, 0.25) is 0 Å². The molecule has 0 aliphatic carbocycles. The zero-order chi connectivity index (χ0) is 16.9. The molecule has 0 saturated heterocycles. The summed E-state index contributed by atoms with van der Waals surface area (Å²) in [5, 5.41) is 0. The molecule has 0 heterocycles. The Balaban J connectivity index is 2.11. The summed E-state index contributed by atoms with van der Waals surface area (Å²) in [6.07, 6.45) is 0. The molecule has 0 amide bonds. The Hall–Kier alpha value is -2.05.